The highest BCUT2D eigenvalue weighted by molar-refractivity contribution is 6.32. The molecule has 41 heavy (non-hydrogen) atoms. The van der Waals surface area contributed by atoms with E-state index in [1.54, 1.807) is 29.3 Å². The summed E-state index contributed by atoms with van der Waals surface area (Å²) in [5.74, 6) is -0.188. The van der Waals surface area contributed by atoms with Crippen molar-refractivity contribution >= 4 is 53.1 Å². The zero-order valence-electron chi connectivity index (χ0n) is 23.4. The highest BCUT2D eigenvalue weighted by Gasteiger charge is 2.36. The Bertz CT molecular complexity index is 1310. The first-order valence-electron chi connectivity index (χ1n) is 13.6. The first kappa shape index (κ1) is 30.0. The van der Waals surface area contributed by atoms with Crippen molar-refractivity contribution in [1.82, 2.24) is 14.9 Å². The maximum atomic E-state index is 12.9. The molecular formula is C28H35ClN6O6. The first-order chi connectivity index (χ1) is 19.5. The van der Waals surface area contributed by atoms with E-state index in [0.717, 1.165) is 12.8 Å². The van der Waals surface area contributed by atoms with Crippen LogP contribution < -0.4 is 15.0 Å². The number of carboxylic acids is 1. The molecule has 1 aromatic carbocycles. The minimum atomic E-state index is -0.800. The summed E-state index contributed by atoms with van der Waals surface area (Å²) in [6.07, 6.45) is 4.85. The van der Waals surface area contributed by atoms with Crippen molar-refractivity contribution in [3.63, 3.8) is 0 Å². The van der Waals surface area contributed by atoms with Crippen LogP contribution in [0.5, 0.6) is 5.75 Å². The van der Waals surface area contributed by atoms with Gasteiger partial charge in [-0.3, -0.25) is 14.6 Å². The van der Waals surface area contributed by atoms with Gasteiger partial charge in [-0.1, -0.05) is 11.6 Å². The summed E-state index contributed by atoms with van der Waals surface area (Å²) in [4.78, 5) is 52.9. The molecule has 12 nitrogen and oxygen atoms in total. The number of amides is 2. The van der Waals surface area contributed by atoms with Crippen molar-refractivity contribution in [1.29, 1.82) is 0 Å². The number of halogens is 1. The van der Waals surface area contributed by atoms with Crippen LogP contribution in [0, 0.1) is 0 Å². The standard InChI is InChI=1S/C28H35ClN6O6/c1-28(2,3)41-27(39)35-12-10-34(11-13-35)25-23-19(26(38)33-24(23)31-17-32-25)16-30-18-8-9-21(20(29)15-18)40-14-6-4-5-7-22(36)37/h8-9,15-17,19H,4-7,10-14H2,1-3H3,(H,36,37)(H,31,32,33,38). The Morgan fingerprint density at radius 2 is 1.93 bits per heavy atom. The molecule has 0 bridgehead atoms. The maximum absolute atomic E-state index is 12.9. The Morgan fingerprint density at radius 1 is 1.17 bits per heavy atom. The number of carbonyl (C=O) groups is 3. The van der Waals surface area contributed by atoms with Gasteiger partial charge >= 0.3 is 12.1 Å². The van der Waals surface area contributed by atoms with Crippen LogP contribution in [0.25, 0.3) is 0 Å². The molecule has 0 spiro atoms. The van der Waals surface area contributed by atoms with E-state index in [-0.39, 0.29) is 18.4 Å². The van der Waals surface area contributed by atoms with Gasteiger partial charge in [-0.15, -0.1) is 0 Å². The Kier molecular flexibility index (Phi) is 9.64. The van der Waals surface area contributed by atoms with Gasteiger partial charge in [0.1, 0.15) is 35.2 Å². The molecule has 2 N–H and O–H groups in total. The Hall–Kier alpha value is -3.93. The van der Waals surface area contributed by atoms with Gasteiger partial charge < -0.3 is 29.7 Å². The summed E-state index contributed by atoms with van der Waals surface area (Å²) in [6, 6.07) is 5.12. The number of anilines is 2. The van der Waals surface area contributed by atoms with E-state index in [2.05, 4.69) is 20.3 Å². The fourth-order valence-electron chi connectivity index (χ4n) is 4.50. The topological polar surface area (TPSA) is 147 Å². The minimum absolute atomic E-state index is 0.148. The summed E-state index contributed by atoms with van der Waals surface area (Å²) in [5.41, 5.74) is 0.623. The SMILES string of the molecule is CC(C)(C)OC(=O)N1CCN(c2ncnc3c2C(C=Nc2ccc(OCCCCCC(=O)O)c(Cl)c2)C(=O)N3)CC1. The summed E-state index contributed by atoms with van der Waals surface area (Å²) in [7, 11) is 0. The fraction of sp³-hybridized carbons (Fsp3) is 0.500. The Labute approximate surface area is 243 Å². The molecule has 1 unspecified atom stereocenters. The van der Waals surface area contributed by atoms with Gasteiger partial charge in [0.05, 0.1) is 22.9 Å². The number of aliphatic imine (C=N–C) groups is 1. The molecule has 0 saturated carbocycles. The summed E-state index contributed by atoms with van der Waals surface area (Å²) >= 11 is 6.39. The van der Waals surface area contributed by atoms with Crippen molar-refractivity contribution < 1.29 is 29.0 Å². The van der Waals surface area contributed by atoms with E-state index in [1.807, 2.05) is 25.7 Å². The summed E-state index contributed by atoms with van der Waals surface area (Å²) < 4.78 is 11.2. The number of unbranched alkanes of at least 4 members (excludes halogenated alkanes) is 2. The number of carbonyl (C=O) groups excluding carboxylic acids is 2. The second-order valence-corrected chi connectivity index (χ2v) is 11.2. The van der Waals surface area contributed by atoms with Gasteiger partial charge in [-0.25, -0.2) is 14.8 Å². The van der Waals surface area contributed by atoms with Gasteiger partial charge in [-0.2, -0.15) is 0 Å². The molecule has 220 valence electrons. The number of fused-ring (bicyclic) bond motifs is 1. The average molecular weight is 587 g/mol. The van der Waals surface area contributed by atoms with Crippen LogP contribution in [0.3, 0.4) is 0 Å². The molecule has 1 atom stereocenters. The molecular weight excluding hydrogens is 552 g/mol. The number of piperazine rings is 1. The van der Waals surface area contributed by atoms with Crippen LogP contribution in [0.4, 0.5) is 22.1 Å². The van der Waals surface area contributed by atoms with Gasteiger partial charge in [0.15, 0.2) is 0 Å². The Morgan fingerprint density at radius 3 is 2.61 bits per heavy atom. The maximum Gasteiger partial charge on any atom is 0.410 e. The number of carboxylic acid groups (broad SMARTS) is 1. The van der Waals surface area contributed by atoms with Gasteiger partial charge in [0.2, 0.25) is 5.91 Å². The van der Waals surface area contributed by atoms with Gasteiger partial charge in [0.25, 0.3) is 0 Å². The zero-order chi connectivity index (χ0) is 29.6. The predicted molar refractivity (Wildman–Crippen MR) is 155 cm³/mol. The van der Waals surface area contributed by atoms with Crippen molar-refractivity contribution in [2.45, 2.75) is 58.0 Å². The second kappa shape index (κ2) is 13.2. The lowest BCUT2D eigenvalue weighted by atomic mass is 10.0. The van der Waals surface area contributed by atoms with Crippen LogP contribution in [0.2, 0.25) is 5.02 Å². The number of benzene rings is 1. The lowest BCUT2D eigenvalue weighted by Gasteiger charge is -2.36. The van der Waals surface area contributed by atoms with E-state index in [9.17, 15) is 14.4 Å². The molecule has 0 aliphatic carbocycles. The van der Waals surface area contributed by atoms with Crippen LogP contribution in [-0.4, -0.2) is 82.5 Å². The van der Waals surface area contributed by atoms with Gasteiger partial charge in [0, 0.05) is 38.8 Å². The molecule has 2 aliphatic heterocycles. The molecule has 0 radical (unpaired) electrons. The smallest absolute Gasteiger partial charge is 0.410 e. The molecule has 1 saturated heterocycles. The molecule has 1 aromatic heterocycles. The van der Waals surface area contributed by atoms with Crippen LogP contribution in [0.1, 0.15) is 57.9 Å². The number of aromatic nitrogens is 2. The quantitative estimate of drug-likeness (QED) is 0.300. The summed E-state index contributed by atoms with van der Waals surface area (Å²) in [5, 5.41) is 11.9. The third-order valence-electron chi connectivity index (χ3n) is 6.51. The average Bonchev–Trinajstić information content (AvgIpc) is 3.24. The fourth-order valence-corrected chi connectivity index (χ4v) is 4.73. The number of hydrogen-bond donors (Lipinski definition) is 2. The number of nitrogens with one attached hydrogen (secondary N) is 1. The largest absolute Gasteiger partial charge is 0.492 e. The van der Waals surface area contributed by atoms with E-state index < -0.39 is 17.5 Å². The second-order valence-electron chi connectivity index (χ2n) is 10.8. The molecule has 2 aromatic rings. The van der Waals surface area contributed by atoms with E-state index in [1.165, 1.54) is 6.33 Å². The number of nitrogens with zero attached hydrogens (tertiary/aromatic N) is 5. The highest BCUT2D eigenvalue weighted by Crippen LogP contribution is 2.37. The number of aliphatic carboxylic acids is 1. The van der Waals surface area contributed by atoms with Crippen molar-refractivity contribution in [3.05, 3.63) is 35.1 Å². The third kappa shape index (κ3) is 8.06. The van der Waals surface area contributed by atoms with Crippen molar-refractivity contribution in [3.8, 4) is 5.75 Å². The number of rotatable bonds is 10. The normalized spacial score (nSPS) is 17.0. The van der Waals surface area contributed by atoms with Crippen molar-refractivity contribution in [2.75, 3.05) is 43.0 Å². The van der Waals surface area contributed by atoms with Crippen LogP contribution in [0.15, 0.2) is 29.5 Å². The van der Waals surface area contributed by atoms with Crippen molar-refractivity contribution in [2.24, 2.45) is 4.99 Å². The lowest BCUT2D eigenvalue weighted by molar-refractivity contribution is -0.137. The molecule has 13 heteroatoms. The Balaban J connectivity index is 1.39. The molecule has 2 amide bonds. The highest BCUT2D eigenvalue weighted by atomic mass is 35.5. The molecule has 1 fully saturated rings. The number of ether oxygens (including phenoxy) is 2. The minimum Gasteiger partial charge on any atom is -0.492 e. The van der Waals surface area contributed by atoms with E-state index in [0.29, 0.717) is 72.9 Å². The van der Waals surface area contributed by atoms with E-state index in [4.69, 9.17) is 26.2 Å². The zero-order valence-corrected chi connectivity index (χ0v) is 24.2. The van der Waals surface area contributed by atoms with Crippen LogP contribution >= 0.6 is 11.6 Å². The molecule has 3 heterocycles. The van der Waals surface area contributed by atoms with Gasteiger partial charge in [-0.05, 0) is 58.2 Å². The number of hydrogen-bond acceptors (Lipinski definition) is 9. The monoisotopic (exact) mass is 586 g/mol. The third-order valence-corrected chi connectivity index (χ3v) is 6.80. The summed E-state index contributed by atoms with van der Waals surface area (Å²) in [6.45, 7) is 7.91. The van der Waals surface area contributed by atoms with E-state index >= 15 is 0 Å². The van der Waals surface area contributed by atoms with Crippen LogP contribution in [-0.2, 0) is 14.3 Å². The lowest BCUT2D eigenvalue weighted by Crippen LogP contribution is -2.50. The predicted octanol–water partition coefficient (Wildman–Crippen LogP) is 4.65. The molecule has 4 rings (SSSR count). The first-order valence-corrected chi connectivity index (χ1v) is 14.0. The molecule has 2 aliphatic rings.